The van der Waals surface area contributed by atoms with E-state index >= 15 is 0 Å². The highest BCUT2D eigenvalue weighted by Crippen LogP contribution is 2.46. The Bertz CT molecular complexity index is 556. The van der Waals surface area contributed by atoms with E-state index in [0.717, 1.165) is 24.3 Å². The second-order valence-corrected chi connectivity index (χ2v) is 6.85. The van der Waals surface area contributed by atoms with Crippen molar-refractivity contribution >= 4 is 0 Å². The van der Waals surface area contributed by atoms with Crippen molar-refractivity contribution < 1.29 is 13.9 Å². The predicted molar refractivity (Wildman–Crippen MR) is 84.1 cm³/mol. The van der Waals surface area contributed by atoms with E-state index in [1.54, 1.807) is 19.9 Å². The molecular formula is C17H25FN2O2. The maximum atomic E-state index is 14.5. The van der Waals surface area contributed by atoms with Crippen molar-refractivity contribution in [2.24, 2.45) is 11.7 Å². The number of ether oxygens (including phenoxy) is 2. The zero-order valence-electron chi connectivity index (χ0n) is 13.6. The minimum Gasteiger partial charge on any atom is -0.486 e. The predicted octanol–water partition coefficient (Wildman–Crippen LogP) is 2.61. The van der Waals surface area contributed by atoms with Crippen LogP contribution in [-0.2, 0) is 5.67 Å². The van der Waals surface area contributed by atoms with Crippen molar-refractivity contribution in [3.63, 3.8) is 0 Å². The van der Waals surface area contributed by atoms with Crippen molar-refractivity contribution in [1.82, 2.24) is 4.90 Å². The zero-order chi connectivity index (χ0) is 15.9. The van der Waals surface area contributed by atoms with Crippen molar-refractivity contribution in [2.75, 3.05) is 33.4 Å². The maximum absolute atomic E-state index is 14.5. The van der Waals surface area contributed by atoms with Crippen LogP contribution in [0, 0.1) is 5.92 Å². The average molecular weight is 308 g/mol. The van der Waals surface area contributed by atoms with Gasteiger partial charge >= 0.3 is 0 Å². The molecule has 0 aromatic heterocycles. The molecule has 1 aromatic carbocycles. The molecule has 0 aliphatic carbocycles. The van der Waals surface area contributed by atoms with Crippen LogP contribution >= 0.6 is 0 Å². The molecule has 5 heteroatoms. The first-order valence-electron chi connectivity index (χ1n) is 7.93. The first-order chi connectivity index (χ1) is 10.4. The second kappa shape index (κ2) is 5.70. The van der Waals surface area contributed by atoms with E-state index in [0.29, 0.717) is 37.0 Å². The van der Waals surface area contributed by atoms with Crippen LogP contribution in [0.4, 0.5) is 4.39 Å². The normalized spacial score (nSPS) is 25.5. The Hall–Kier alpha value is -1.33. The largest absolute Gasteiger partial charge is 0.486 e. The highest BCUT2D eigenvalue weighted by atomic mass is 19.1. The van der Waals surface area contributed by atoms with E-state index in [-0.39, 0.29) is 6.04 Å². The molecule has 0 spiro atoms. The van der Waals surface area contributed by atoms with Gasteiger partial charge < -0.3 is 15.2 Å². The minimum atomic E-state index is -1.41. The van der Waals surface area contributed by atoms with E-state index in [2.05, 4.69) is 11.9 Å². The summed E-state index contributed by atoms with van der Waals surface area (Å²) in [5.74, 6) is 1.90. The third-order valence-corrected chi connectivity index (χ3v) is 4.68. The molecule has 2 aliphatic rings. The number of nitrogens with zero attached hydrogens (tertiary/aromatic N) is 1. The lowest BCUT2D eigenvalue weighted by atomic mass is 9.92. The molecule has 2 heterocycles. The molecular weight excluding hydrogens is 283 g/mol. The van der Waals surface area contributed by atoms with Crippen LogP contribution in [0.2, 0.25) is 0 Å². The van der Waals surface area contributed by atoms with Crippen LogP contribution in [0.5, 0.6) is 11.5 Å². The van der Waals surface area contributed by atoms with Gasteiger partial charge in [-0.1, -0.05) is 0 Å². The van der Waals surface area contributed by atoms with Gasteiger partial charge in [-0.3, -0.25) is 4.90 Å². The van der Waals surface area contributed by atoms with Crippen molar-refractivity contribution in [3.8, 4) is 11.5 Å². The van der Waals surface area contributed by atoms with Crippen LogP contribution in [0.15, 0.2) is 12.1 Å². The van der Waals surface area contributed by atoms with Crippen molar-refractivity contribution in [1.29, 1.82) is 0 Å². The highest BCUT2D eigenvalue weighted by molar-refractivity contribution is 5.53. The molecule has 1 saturated heterocycles. The standard InChI is InChI=1S/C17H25FN2O2/c1-17(2,18)12-7-13(14-6-11(9-19)10-20(14)3)16-15(8-12)21-4-5-22-16/h7-8,11,14H,4-6,9-10,19H2,1-3H3. The van der Waals surface area contributed by atoms with Crippen molar-refractivity contribution in [3.05, 3.63) is 23.3 Å². The summed E-state index contributed by atoms with van der Waals surface area (Å²) in [5.41, 5.74) is 6.08. The second-order valence-electron chi connectivity index (χ2n) is 6.85. The summed E-state index contributed by atoms with van der Waals surface area (Å²) >= 11 is 0. The summed E-state index contributed by atoms with van der Waals surface area (Å²) in [6.45, 7) is 5.82. The number of halogens is 1. The van der Waals surface area contributed by atoms with Gasteiger partial charge in [0, 0.05) is 18.2 Å². The molecule has 2 N–H and O–H groups in total. The van der Waals surface area contributed by atoms with Crippen molar-refractivity contribution in [2.45, 2.75) is 32.0 Å². The van der Waals surface area contributed by atoms with Gasteiger partial charge in [-0.05, 0) is 57.5 Å². The summed E-state index contributed by atoms with van der Waals surface area (Å²) < 4.78 is 26.0. The van der Waals surface area contributed by atoms with E-state index < -0.39 is 5.67 Å². The molecule has 0 bridgehead atoms. The quantitative estimate of drug-likeness (QED) is 0.932. The number of nitrogens with two attached hydrogens (primary N) is 1. The zero-order valence-corrected chi connectivity index (χ0v) is 13.6. The molecule has 2 unspecified atom stereocenters. The molecule has 1 aromatic rings. The fraction of sp³-hybridized carbons (Fsp3) is 0.647. The Labute approximate surface area is 131 Å². The third-order valence-electron chi connectivity index (χ3n) is 4.68. The maximum Gasteiger partial charge on any atom is 0.166 e. The number of benzene rings is 1. The SMILES string of the molecule is CN1CC(CN)CC1c1cc(C(C)(C)F)cc2c1OCCO2. The van der Waals surface area contributed by atoms with Gasteiger partial charge in [0.1, 0.15) is 18.9 Å². The van der Waals surface area contributed by atoms with Gasteiger partial charge in [-0.15, -0.1) is 0 Å². The molecule has 0 amide bonds. The molecule has 22 heavy (non-hydrogen) atoms. The van der Waals surface area contributed by atoms with Crippen LogP contribution in [0.25, 0.3) is 0 Å². The Morgan fingerprint density at radius 3 is 2.68 bits per heavy atom. The van der Waals surface area contributed by atoms with Crippen LogP contribution in [-0.4, -0.2) is 38.3 Å². The first-order valence-corrected chi connectivity index (χ1v) is 7.93. The van der Waals surface area contributed by atoms with Gasteiger partial charge in [-0.25, -0.2) is 4.39 Å². The summed E-state index contributed by atoms with van der Waals surface area (Å²) in [4.78, 5) is 2.28. The molecule has 0 radical (unpaired) electrons. The lowest BCUT2D eigenvalue weighted by molar-refractivity contribution is 0.163. The highest BCUT2D eigenvalue weighted by Gasteiger charge is 2.35. The van der Waals surface area contributed by atoms with Crippen LogP contribution < -0.4 is 15.2 Å². The van der Waals surface area contributed by atoms with Gasteiger partial charge in [0.15, 0.2) is 11.5 Å². The number of fused-ring (bicyclic) bond motifs is 1. The minimum absolute atomic E-state index is 0.200. The average Bonchev–Trinajstić information content (AvgIpc) is 2.86. The molecule has 122 valence electrons. The fourth-order valence-corrected chi connectivity index (χ4v) is 3.41. The Kier molecular flexibility index (Phi) is 4.03. The summed E-state index contributed by atoms with van der Waals surface area (Å²) in [6.07, 6.45) is 0.971. The topological polar surface area (TPSA) is 47.7 Å². The Morgan fingerprint density at radius 1 is 1.32 bits per heavy atom. The molecule has 1 fully saturated rings. The molecule has 2 atom stereocenters. The number of hydrogen-bond donors (Lipinski definition) is 1. The van der Waals surface area contributed by atoms with E-state index in [9.17, 15) is 4.39 Å². The van der Waals surface area contributed by atoms with E-state index in [1.807, 2.05) is 6.07 Å². The molecule has 2 aliphatic heterocycles. The monoisotopic (exact) mass is 308 g/mol. The van der Waals surface area contributed by atoms with Crippen LogP contribution in [0.1, 0.15) is 37.4 Å². The summed E-state index contributed by atoms with van der Waals surface area (Å²) in [6, 6.07) is 3.91. The van der Waals surface area contributed by atoms with Crippen LogP contribution in [0.3, 0.4) is 0 Å². The molecule has 0 saturated carbocycles. The molecule has 3 rings (SSSR count). The van der Waals surface area contributed by atoms with E-state index in [4.69, 9.17) is 15.2 Å². The fourth-order valence-electron chi connectivity index (χ4n) is 3.41. The van der Waals surface area contributed by atoms with Gasteiger partial charge in [0.25, 0.3) is 0 Å². The summed E-state index contributed by atoms with van der Waals surface area (Å²) in [7, 11) is 2.09. The Balaban J connectivity index is 2.05. The first kappa shape index (κ1) is 15.6. The third kappa shape index (κ3) is 2.79. The van der Waals surface area contributed by atoms with Gasteiger partial charge in [0.2, 0.25) is 0 Å². The number of alkyl halides is 1. The smallest absolute Gasteiger partial charge is 0.166 e. The summed E-state index contributed by atoms with van der Waals surface area (Å²) in [5, 5.41) is 0. The number of likely N-dealkylation sites (tertiary alicyclic amines) is 1. The lowest BCUT2D eigenvalue weighted by Crippen LogP contribution is -2.23. The van der Waals surface area contributed by atoms with Gasteiger partial charge in [0.05, 0.1) is 0 Å². The number of hydrogen-bond acceptors (Lipinski definition) is 4. The van der Waals surface area contributed by atoms with Gasteiger partial charge in [-0.2, -0.15) is 0 Å². The Morgan fingerprint density at radius 2 is 2.05 bits per heavy atom. The number of rotatable bonds is 3. The lowest BCUT2D eigenvalue weighted by Gasteiger charge is -2.29. The molecule has 4 nitrogen and oxygen atoms in total. The van der Waals surface area contributed by atoms with E-state index in [1.165, 1.54) is 0 Å².